The molecule has 2 aromatic rings. The molecular weight excluding hydrogens is 434 g/mol. The van der Waals surface area contributed by atoms with Gasteiger partial charge in [0, 0.05) is 16.6 Å². The molecule has 1 aliphatic heterocycles. The molecule has 1 heterocycles. The fourth-order valence-electron chi connectivity index (χ4n) is 3.16. The molecule has 0 saturated carbocycles. The minimum Gasteiger partial charge on any atom is -0.489 e. The summed E-state index contributed by atoms with van der Waals surface area (Å²) in [4.78, 5) is 14.7. The van der Waals surface area contributed by atoms with Crippen LogP contribution in [0.1, 0.15) is 38.3 Å². The van der Waals surface area contributed by atoms with Crippen molar-refractivity contribution in [1.29, 1.82) is 0 Å². The van der Waals surface area contributed by atoms with Gasteiger partial charge < -0.3 is 14.2 Å². The fourth-order valence-corrected chi connectivity index (χ4v) is 3.64. The highest BCUT2D eigenvalue weighted by molar-refractivity contribution is 9.10. The molecule has 0 N–H and O–H groups in total. The van der Waals surface area contributed by atoms with Gasteiger partial charge >= 0.3 is 6.09 Å². The lowest BCUT2D eigenvalue weighted by molar-refractivity contribution is 0.0124. The van der Waals surface area contributed by atoms with E-state index in [0.717, 1.165) is 27.8 Å². The van der Waals surface area contributed by atoms with Crippen LogP contribution < -0.4 is 4.74 Å². The van der Waals surface area contributed by atoms with Gasteiger partial charge in [-0.1, -0.05) is 52.3 Å². The molecule has 1 amide bonds. The van der Waals surface area contributed by atoms with Crippen LogP contribution in [0.4, 0.5) is 4.79 Å². The highest BCUT2D eigenvalue weighted by Crippen LogP contribution is 2.31. The first-order valence-electron chi connectivity index (χ1n) is 9.85. The topological polar surface area (TPSA) is 48.0 Å². The minimum atomic E-state index is -0.560. The Balaban J connectivity index is 1.81. The third kappa shape index (κ3) is 6.21. The number of halogens is 1. The molecule has 6 heteroatoms. The highest BCUT2D eigenvalue weighted by Gasteiger charge is 2.32. The van der Waals surface area contributed by atoms with Crippen LogP contribution in [-0.2, 0) is 22.6 Å². The van der Waals surface area contributed by atoms with E-state index in [4.69, 9.17) is 14.2 Å². The molecule has 2 aromatic carbocycles. The second kappa shape index (κ2) is 9.63. The Hall–Kier alpha value is -2.05. The maximum atomic E-state index is 12.9. The molecule has 0 spiro atoms. The Bertz CT molecular complexity index is 813. The molecule has 3 rings (SSSR count). The predicted molar refractivity (Wildman–Crippen MR) is 116 cm³/mol. The molecule has 0 aliphatic carbocycles. The second-order valence-corrected chi connectivity index (χ2v) is 8.97. The molecule has 29 heavy (non-hydrogen) atoms. The summed E-state index contributed by atoms with van der Waals surface area (Å²) in [6.07, 6.45) is 0.460. The van der Waals surface area contributed by atoms with E-state index < -0.39 is 5.60 Å². The van der Waals surface area contributed by atoms with E-state index in [0.29, 0.717) is 26.4 Å². The zero-order chi connectivity index (χ0) is 20.9. The normalized spacial score (nSPS) is 16.5. The van der Waals surface area contributed by atoms with Gasteiger partial charge in [0.2, 0.25) is 0 Å². The first kappa shape index (κ1) is 21.7. The first-order valence-corrected chi connectivity index (χ1v) is 10.6. The van der Waals surface area contributed by atoms with Crippen LogP contribution in [0.25, 0.3) is 0 Å². The number of amides is 1. The van der Waals surface area contributed by atoms with Crippen molar-refractivity contribution in [2.75, 3.05) is 13.2 Å². The molecule has 0 aromatic heterocycles. The smallest absolute Gasteiger partial charge is 0.410 e. The molecule has 1 fully saturated rings. The van der Waals surface area contributed by atoms with Crippen molar-refractivity contribution in [1.82, 2.24) is 4.90 Å². The lowest BCUT2D eigenvalue weighted by Crippen LogP contribution is -2.43. The number of rotatable bonds is 6. The molecule has 5 nitrogen and oxygen atoms in total. The monoisotopic (exact) mass is 461 g/mol. The predicted octanol–water partition coefficient (Wildman–Crippen LogP) is 5.55. The zero-order valence-corrected chi connectivity index (χ0v) is 18.8. The van der Waals surface area contributed by atoms with Crippen molar-refractivity contribution in [3.8, 4) is 5.75 Å². The second-order valence-electron chi connectivity index (χ2n) is 8.12. The average molecular weight is 462 g/mol. The minimum absolute atomic E-state index is 0.0149. The lowest BCUT2D eigenvalue weighted by Gasteiger charge is -2.31. The van der Waals surface area contributed by atoms with E-state index in [1.54, 1.807) is 4.90 Å². The summed E-state index contributed by atoms with van der Waals surface area (Å²) in [6.45, 7) is 7.64. The number of carbonyl (C=O) groups excluding carboxylic acids is 1. The standard InChI is InChI=1S/C23H28BrNO4/c1-23(2,3)29-22(26)25(18-12-13-27-16-18)14-19-20(24)10-7-11-21(19)28-15-17-8-5-4-6-9-17/h4-11,18H,12-16H2,1-3H3. The highest BCUT2D eigenvalue weighted by atomic mass is 79.9. The largest absolute Gasteiger partial charge is 0.489 e. The Labute approximate surface area is 181 Å². The van der Waals surface area contributed by atoms with Gasteiger partial charge in [-0.05, 0) is 44.9 Å². The van der Waals surface area contributed by atoms with Gasteiger partial charge in [0.15, 0.2) is 0 Å². The Morgan fingerprint density at radius 2 is 1.93 bits per heavy atom. The van der Waals surface area contributed by atoms with E-state index in [1.807, 2.05) is 69.3 Å². The number of hydrogen-bond donors (Lipinski definition) is 0. The van der Waals surface area contributed by atoms with Crippen LogP contribution in [0, 0.1) is 0 Å². The van der Waals surface area contributed by atoms with Gasteiger partial charge in [0.05, 0.1) is 19.2 Å². The number of carbonyl (C=O) groups is 1. The van der Waals surface area contributed by atoms with Gasteiger partial charge in [-0.25, -0.2) is 4.79 Å². The Kier molecular flexibility index (Phi) is 7.19. The van der Waals surface area contributed by atoms with Crippen molar-refractivity contribution in [3.63, 3.8) is 0 Å². The van der Waals surface area contributed by atoms with Gasteiger partial charge in [0.1, 0.15) is 18.0 Å². The molecule has 0 bridgehead atoms. The van der Waals surface area contributed by atoms with E-state index in [9.17, 15) is 4.79 Å². The summed E-state index contributed by atoms with van der Waals surface area (Å²) in [5, 5.41) is 0. The van der Waals surface area contributed by atoms with Gasteiger partial charge in [-0.15, -0.1) is 0 Å². The van der Waals surface area contributed by atoms with Crippen LogP contribution in [0.3, 0.4) is 0 Å². The Morgan fingerprint density at radius 3 is 2.59 bits per heavy atom. The van der Waals surface area contributed by atoms with E-state index >= 15 is 0 Å². The summed E-state index contributed by atoms with van der Waals surface area (Å²) in [7, 11) is 0. The van der Waals surface area contributed by atoms with Crippen molar-refractivity contribution in [2.24, 2.45) is 0 Å². The third-order valence-corrected chi connectivity index (χ3v) is 5.36. The number of ether oxygens (including phenoxy) is 3. The maximum Gasteiger partial charge on any atom is 0.410 e. The average Bonchev–Trinajstić information content (AvgIpc) is 3.19. The van der Waals surface area contributed by atoms with Crippen LogP contribution >= 0.6 is 15.9 Å². The molecule has 0 radical (unpaired) electrons. The van der Waals surface area contributed by atoms with Crippen molar-refractivity contribution in [2.45, 2.75) is 52.0 Å². The zero-order valence-electron chi connectivity index (χ0n) is 17.2. The molecule has 1 atom stereocenters. The van der Waals surface area contributed by atoms with E-state index in [2.05, 4.69) is 15.9 Å². The van der Waals surface area contributed by atoms with Gasteiger partial charge in [0.25, 0.3) is 0 Å². The van der Waals surface area contributed by atoms with E-state index in [-0.39, 0.29) is 12.1 Å². The molecular formula is C23H28BrNO4. The summed E-state index contributed by atoms with van der Waals surface area (Å²) < 4.78 is 18.2. The van der Waals surface area contributed by atoms with E-state index in [1.165, 1.54) is 0 Å². The van der Waals surface area contributed by atoms with Crippen molar-refractivity contribution in [3.05, 3.63) is 64.1 Å². The number of benzene rings is 2. The van der Waals surface area contributed by atoms with Gasteiger partial charge in [-0.2, -0.15) is 0 Å². The quantitative estimate of drug-likeness (QED) is 0.565. The fraction of sp³-hybridized carbons (Fsp3) is 0.435. The number of nitrogens with zero attached hydrogens (tertiary/aromatic N) is 1. The molecule has 1 unspecified atom stereocenters. The van der Waals surface area contributed by atoms with Crippen LogP contribution in [-0.4, -0.2) is 35.8 Å². The summed E-state index contributed by atoms with van der Waals surface area (Å²) in [5.74, 6) is 0.746. The molecule has 1 aliphatic rings. The number of hydrogen-bond acceptors (Lipinski definition) is 4. The first-order chi connectivity index (χ1) is 13.8. The summed E-state index contributed by atoms with van der Waals surface area (Å²) in [5.41, 5.74) is 1.45. The van der Waals surface area contributed by atoms with Crippen LogP contribution in [0.15, 0.2) is 53.0 Å². The SMILES string of the molecule is CC(C)(C)OC(=O)N(Cc1c(Br)cccc1OCc1ccccc1)C1CCOC1. The van der Waals surface area contributed by atoms with Crippen molar-refractivity contribution >= 4 is 22.0 Å². The van der Waals surface area contributed by atoms with Crippen LogP contribution in [0.2, 0.25) is 0 Å². The maximum absolute atomic E-state index is 12.9. The summed E-state index contributed by atoms with van der Waals surface area (Å²) in [6, 6.07) is 15.8. The molecule has 156 valence electrons. The van der Waals surface area contributed by atoms with Crippen molar-refractivity contribution < 1.29 is 19.0 Å². The molecule has 1 saturated heterocycles. The third-order valence-electron chi connectivity index (χ3n) is 4.62. The van der Waals surface area contributed by atoms with Gasteiger partial charge in [-0.3, -0.25) is 4.90 Å². The lowest BCUT2D eigenvalue weighted by atomic mass is 10.1. The summed E-state index contributed by atoms with van der Waals surface area (Å²) >= 11 is 3.63. The van der Waals surface area contributed by atoms with Crippen LogP contribution in [0.5, 0.6) is 5.75 Å². The Morgan fingerprint density at radius 1 is 1.17 bits per heavy atom.